The Labute approximate surface area is 120 Å². The summed E-state index contributed by atoms with van der Waals surface area (Å²) >= 11 is 0. The van der Waals surface area contributed by atoms with Gasteiger partial charge in [-0.05, 0) is 62.8 Å². The largest absolute Gasteiger partial charge is 0.492 e. The molecule has 1 aromatic rings. The first-order valence-electron chi connectivity index (χ1n) is 7.21. The Morgan fingerprint density at radius 3 is 2.45 bits per heavy atom. The van der Waals surface area contributed by atoms with Gasteiger partial charge in [-0.25, -0.2) is 0 Å². The van der Waals surface area contributed by atoms with E-state index >= 15 is 0 Å². The van der Waals surface area contributed by atoms with Gasteiger partial charge >= 0.3 is 0 Å². The number of carbonyl (C=O) groups excluding carboxylic acids is 1. The molecule has 0 saturated heterocycles. The third kappa shape index (κ3) is 3.73. The molecule has 1 fully saturated rings. The van der Waals surface area contributed by atoms with Gasteiger partial charge in [0.05, 0.1) is 6.54 Å². The molecule has 0 unspecified atom stereocenters. The van der Waals surface area contributed by atoms with E-state index in [-0.39, 0.29) is 5.91 Å². The van der Waals surface area contributed by atoms with Gasteiger partial charge in [0.2, 0.25) is 0 Å². The highest BCUT2D eigenvalue weighted by Gasteiger charge is 2.38. The molecular formula is C16H23NO3. The van der Waals surface area contributed by atoms with E-state index in [1.54, 1.807) is 0 Å². The van der Waals surface area contributed by atoms with Crippen molar-refractivity contribution in [2.24, 2.45) is 0 Å². The van der Waals surface area contributed by atoms with E-state index in [0.29, 0.717) is 26.0 Å². The van der Waals surface area contributed by atoms with Crippen LogP contribution in [0.25, 0.3) is 0 Å². The topological polar surface area (TPSA) is 58.6 Å². The summed E-state index contributed by atoms with van der Waals surface area (Å²) in [7, 11) is 0. The number of ether oxygens (including phenoxy) is 1. The van der Waals surface area contributed by atoms with E-state index < -0.39 is 5.60 Å². The zero-order chi connectivity index (χ0) is 14.6. The van der Waals surface area contributed by atoms with Crippen LogP contribution in [0, 0.1) is 13.8 Å². The highest BCUT2D eigenvalue weighted by Crippen LogP contribution is 2.29. The molecular weight excluding hydrogens is 254 g/mol. The van der Waals surface area contributed by atoms with Crippen LogP contribution in [0.3, 0.4) is 0 Å². The number of carbonyl (C=O) groups is 1. The first-order valence-corrected chi connectivity index (χ1v) is 7.21. The van der Waals surface area contributed by atoms with Crippen LogP contribution < -0.4 is 10.1 Å². The summed E-state index contributed by atoms with van der Waals surface area (Å²) in [6, 6.07) is 6.03. The molecule has 0 radical (unpaired) electrons. The number of amides is 1. The average molecular weight is 277 g/mol. The van der Waals surface area contributed by atoms with Crippen LogP contribution in [0.4, 0.5) is 0 Å². The van der Waals surface area contributed by atoms with Gasteiger partial charge < -0.3 is 15.2 Å². The first-order chi connectivity index (χ1) is 9.49. The second kappa shape index (κ2) is 6.27. The molecule has 0 atom stereocenters. The van der Waals surface area contributed by atoms with Gasteiger partial charge in [-0.15, -0.1) is 0 Å². The molecule has 110 valence electrons. The Balaban J connectivity index is 1.75. The zero-order valence-corrected chi connectivity index (χ0v) is 12.2. The monoisotopic (exact) mass is 277 g/mol. The van der Waals surface area contributed by atoms with Crippen LogP contribution in [0.2, 0.25) is 0 Å². The lowest BCUT2D eigenvalue weighted by atomic mass is 10.0. The van der Waals surface area contributed by atoms with Crippen molar-refractivity contribution in [1.29, 1.82) is 0 Å². The van der Waals surface area contributed by atoms with E-state index in [1.165, 1.54) is 0 Å². The average Bonchev–Trinajstić information content (AvgIpc) is 2.81. The predicted octanol–water partition coefficient (Wildman–Crippen LogP) is 2.10. The van der Waals surface area contributed by atoms with Crippen molar-refractivity contribution >= 4 is 5.91 Å². The lowest BCUT2D eigenvalue weighted by Crippen LogP contribution is -2.45. The molecule has 1 aromatic carbocycles. The molecule has 0 spiro atoms. The summed E-state index contributed by atoms with van der Waals surface area (Å²) in [6.07, 6.45) is 2.97. The maximum absolute atomic E-state index is 11.9. The molecule has 4 heteroatoms. The van der Waals surface area contributed by atoms with E-state index in [4.69, 9.17) is 4.74 Å². The van der Waals surface area contributed by atoms with Gasteiger partial charge in [0.1, 0.15) is 18.0 Å². The molecule has 4 nitrogen and oxygen atoms in total. The van der Waals surface area contributed by atoms with E-state index in [9.17, 15) is 9.90 Å². The van der Waals surface area contributed by atoms with Crippen LogP contribution in [-0.4, -0.2) is 29.8 Å². The second-order valence-corrected chi connectivity index (χ2v) is 5.67. The predicted molar refractivity (Wildman–Crippen MR) is 77.8 cm³/mol. The van der Waals surface area contributed by atoms with Crippen molar-refractivity contribution in [3.8, 4) is 5.75 Å². The number of aryl methyl sites for hydroxylation is 2. The van der Waals surface area contributed by atoms with Gasteiger partial charge in [0.15, 0.2) is 0 Å². The summed E-state index contributed by atoms with van der Waals surface area (Å²) in [4.78, 5) is 11.9. The molecule has 0 aliphatic heterocycles. The van der Waals surface area contributed by atoms with Crippen LogP contribution >= 0.6 is 0 Å². The molecule has 1 saturated carbocycles. The summed E-state index contributed by atoms with van der Waals surface area (Å²) in [5, 5.41) is 12.8. The van der Waals surface area contributed by atoms with Gasteiger partial charge in [0, 0.05) is 0 Å². The van der Waals surface area contributed by atoms with Crippen LogP contribution in [-0.2, 0) is 4.79 Å². The molecule has 1 amide bonds. The molecule has 2 N–H and O–H groups in total. The van der Waals surface area contributed by atoms with Gasteiger partial charge in [-0.1, -0.05) is 6.07 Å². The Morgan fingerprint density at radius 1 is 1.25 bits per heavy atom. The molecule has 0 bridgehead atoms. The Morgan fingerprint density at radius 2 is 1.85 bits per heavy atom. The molecule has 20 heavy (non-hydrogen) atoms. The standard InChI is InChI=1S/C16H23NO3/c1-12-9-13(2)11-14(10-12)20-8-7-17-15(18)16(19)5-3-4-6-16/h9-11,19H,3-8H2,1-2H3,(H,17,18). The minimum Gasteiger partial charge on any atom is -0.492 e. The number of rotatable bonds is 5. The smallest absolute Gasteiger partial charge is 0.252 e. The van der Waals surface area contributed by atoms with Crippen molar-refractivity contribution < 1.29 is 14.6 Å². The normalized spacial score (nSPS) is 16.9. The minimum absolute atomic E-state index is 0.265. The van der Waals surface area contributed by atoms with Crippen molar-refractivity contribution in [2.75, 3.05) is 13.2 Å². The summed E-state index contributed by atoms with van der Waals surface area (Å²) < 4.78 is 5.62. The molecule has 0 heterocycles. The molecule has 1 aliphatic rings. The summed E-state index contributed by atoms with van der Waals surface area (Å²) in [6.45, 7) is 4.87. The summed E-state index contributed by atoms with van der Waals surface area (Å²) in [5.74, 6) is 0.551. The van der Waals surface area contributed by atoms with Gasteiger partial charge in [-0.2, -0.15) is 0 Å². The third-order valence-electron chi connectivity index (χ3n) is 3.70. The van der Waals surface area contributed by atoms with Crippen molar-refractivity contribution in [2.45, 2.75) is 45.1 Å². The lowest BCUT2D eigenvalue weighted by molar-refractivity contribution is -0.139. The number of hydrogen-bond acceptors (Lipinski definition) is 3. The van der Waals surface area contributed by atoms with Crippen LogP contribution in [0.1, 0.15) is 36.8 Å². The fourth-order valence-electron chi connectivity index (χ4n) is 2.70. The third-order valence-corrected chi connectivity index (χ3v) is 3.70. The van der Waals surface area contributed by atoms with Crippen molar-refractivity contribution in [1.82, 2.24) is 5.32 Å². The second-order valence-electron chi connectivity index (χ2n) is 5.67. The lowest BCUT2D eigenvalue weighted by Gasteiger charge is -2.20. The van der Waals surface area contributed by atoms with Crippen LogP contribution in [0.15, 0.2) is 18.2 Å². The minimum atomic E-state index is -1.15. The Bertz CT molecular complexity index is 458. The number of aliphatic hydroxyl groups is 1. The molecule has 0 aromatic heterocycles. The van der Waals surface area contributed by atoms with Gasteiger partial charge in [0.25, 0.3) is 5.91 Å². The first kappa shape index (κ1) is 14.9. The SMILES string of the molecule is Cc1cc(C)cc(OCCNC(=O)C2(O)CCCC2)c1. The fraction of sp³-hybridized carbons (Fsp3) is 0.562. The Hall–Kier alpha value is -1.55. The fourth-order valence-corrected chi connectivity index (χ4v) is 2.70. The van der Waals surface area contributed by atoms with E-state index in [0.717, 1.165) is 29.7 Å². The van der Waals surface area contributed by atoms with Crippen LogP contribution in [0.5, 0.6) is 5.75 Å². The maximum Gasteiger partial charge on any atom is 0.252 e. The molecule has 1 aliphatic carbocycles. The quantitative estimate of drug-likeness (QED) is 0.810. The van der Waals surface area contributed by atoms with E-state index in [1.807, 2.05) is 26.0 Å². The Kier molecular flexibility index (Phi) is 4.65. The zero-order valence-electron chi connectivity index (χ0n) is 12.2. The number of hydrogen-bond donors (Lipinski definition) is 2. The highest BCUT2D eigenvalue weighted by molar-refractivity contribution is 5.85. The van der Waals surface area contributed by atoms with Gasteiger partial charge in [-0.3, -0.25) is 4.79 Å². The maximum atomic E-state index is 11.9. The number of benzene rings is 1. The summed E-state index contributed by atoms with van der Waals surface area (Å²) in [5.41, 5.74) is 1.16. The number of nitrogens with one attached hydrogen (secondary N) is 1. The van der Waals surface area contributed by atoms with Crippen molar-refractivity contribution in [3.05, 3.63) is 29.3 Å². The van der Waals surface area contributed by atoms with E-state index in [2.05, 4.69) is 11.4 Å². The highest BCUT2D eigenvalue weighted by atomic mass is 16.5. The van der Waals surface area contributed by atoms with Crippen molar-refractivity contribution in [3.63, 3.8) is 0 Å². The molecule has 2 rings (SSSR count).